The van der Waals surface area contributed by atoms with E-state index in [1.807, 2.05) is 35.6 Å². The fourth-order valence-electron chi connectivity index (χ4n) is 7.07. The van der Waals surface area contributed by atoms with Crippen LogP contribution in [0.15, 0.2) is 83.9 Å². The SMILES string of the molecule is CCCCCCc1ccc(-c2ccc(-c3ccc(C4=C5C(=O)N(C(=O)OC(C)(C)C)C(c6ccc(-c7ccc(-c8ccc(C)s8)s7)s6)=C5C(=O)N4C(=O)OC(C)(C)C)s3)s2)s1. The van der Waals surface area contributed by atoms with Crippen LogP contribution in [0.4, 0.5) is 9.59 Å². The summed E-state index contributed by atoms with van der Waals surface area (Å²) in [5.74, 6) is -1.49. The number of hydrogen-bond donors (Lipinski definition) is 0. The molecule has 0 unspecified atom stereocenters. The van der Waals surface area contributed by atoms with Gasteiger partial charge in [0.25, 0.3) is 11.8 Å². The first kappa shape index (κ1) is 43.2. The lowest BCUT2D eigenvalue weighted by Crippen LogP contribution is -2.40. The summed E-state index contributed by atoms with van der Waals surface area (Å²) in [6, 6.07) is 24.5. The molecule has 8 nitrogen and oxygen atoms in total. The Labute approximate surface area is 380 Å². The van der Waals surface area contributed by atoms with Gasteiger partial charge < -0.3 is 9.47 Å². The van der Waals surface area contributed by atoms with Gasteiger partial charge in [-0.1, -0.05) is 26.2 Å². The highest BCUT2D eigenvalue weighted by molar-refractivity contribution is 7.27. The van der Waals surface area contributed by atoms with Gasteiger partial charge in [-0.15, -0.1) is 68.0 Å². The molecule has 8 rings (SSSR count). The van der Waals surface area contributed by atoms with Crippen molar-refractivity contribution < 1.29 is 28.7 Å². The summed E-state index contributed by atoms with van der Waals surface area (Å²) in [4.78, 5) is 72.0. The largest absolute Gasteiger partial charge is 0.443 e. The Balaban J connectivity index is 1.21. The van der Waals surface area contributed by atoms with E-state index in [9.17, 15) is 19.2 Å². The topological polar surface area (TPSA) is 93.2 Å². The molecule has 0 aliphatic carbocycles. The first-order chi connectivity index (χ1) is 29.0. The molecule has 0 aromatic carbocycles. The van der Waals surface area contributed by atoms with Crippen molar-refractivity contribution in [3.63, 3.8) is 0 Å². The molecular weight excluding hydrogens is 881 g/mol. The maximum atomic E-state index is 14.9. The van der Waals surface area contributed by atoms with E-state index in [1.165, 1.54) is 67.9 Å². The number of carbonyl (C=O) groups excluding carboxylic acids is 4. The molecule has 0 saturated heterocycles. The number of ether oxygens (including phenoxy) is 2. The zero-order valence-corrected chi connectivity index (χ0v) is 40.2. The smallest absolute Gasteiger partial charge is 0.422 e. The van der Waals surface area contributed by atoms with Crippen LogP contribution in [0.3, 0.4) is 0 Å². The van der Waals surface area contributed by atoms with Crippen molar-refractivity contribution in [3.05, 3.63) is 103 Å². The van der Waals surface area contributed by atoms with Crippen molar-refractivity contribution in [2.75, 3.05) is 0 Å². The highest BCUT2D eigenvalue weighted by Crippen LogP contribution is 2.52. The molecule has 0 saturated carbocycles. The second kappa shape index (κ2) is 17.0. The summed E-state index contributed by atoms with van der Waals surface area (Å²) in [6.45, 7) is 14.7. The minimum Gasteiger partial charge on any atom is -0.443 e. The Morgan fingerprint density at radius 1 is 0.492 bits per heavy atom. The minimum absolute atomic E-state index is 0.0385. The van der Waals surface area contributed by atoms with Gasteiger partial charge in [0.2, 0.25) is 0 Å². The van der Waals surface area contributed by atoms with Gasteiger partial charge in [0.1, 0.15) is 11.2 Å². The number of imide groups is 2. The van der Waals surface area contributed by atoms with E-state index >= 15 is 0 Å². The molecule has 6 aromatic rings. The maximum absolute atomic E-state index is 14.9. The molecule has 2 aliphatic heterocycles. The van der Waals surface area contributed by atoms with Crippen LogP contribution in [0.25, 0.3) is 50.4 Å². The van der Waals surface area contributed by atoms with Crippen molar-refractivity contribution >= 4 is 103 Å². The number of thiophene rings is 6. The summed E-state index contributed by atoms with van der Waals surface area (Å²) in [5.41, 5.74) is -1.78. The number of aryl methyl sites for hydroxylation is 2. The van der Waals surface area contributed by atoms with E-state index in [1.54, 1.807) is 75.6 Å². The molecule has 316 valence electrons. The van der Waals surface area contributed by atoms with E-state index in [0.29, 0.717) is 9.75 Å². The first-order valence-corrected chi connectivity index (χ1v) is 25.1. The molecule has 8 heterocycles. The van der Waals surface area contributed by atoms with Crippen molar-refractivity contribution in [1.82, 2.24) is 9.80 Å². The highest BCUT2D eigenvalue weighted by Gasteiger charge is 2.54. The third-order valence-corrected chi connectivity index (χ3v) is 17.0. The molecule has 0 fully saturated rings. The fourth-order valence-corrected chi connectivity index (χ4v) is 13.5. The molecule has 2 aliphatic rings. The lowest BCUT2D eigenvalue weighted by Gasteiger charge is -2.27. The van der Waals surface area contributed by atoms with Crippen molar-refractivity contribution in [3.8, 4) is 39.0 Å². The van der Waals surface area contributed by atoms with Crippen LogP contribution in [-0.4, -0.2) is 45.0 Å². The Bertz CT molecular complexity index is 2730. The van der Waals surface area contributed by atoms with Crippen LogP contribution in [-0.2, 0) is 25.5 Å². The van der Waals surface area contributed by atoms with Crippen LogP contribution in [0, 0.1) is 6.92 Å². The number of carbonyl (C=O) groups is 4. The highest BCUT2D eigenvalue weighted by atomic mass is 32.1. The van der Waals surface area contributed by atoms with E-state index in [-0.39, 0.29) is 22.5 Å². The average molecular weight is 927 g/mol. The molecule has 4 amide bonds. The molecule has 0 N–H and O–H groups in total. The van der Waals surface area contributed by atoms with Gasteiger partial charge in [-0.25, -0.2) is 19.4 Å². The molecule has 0 bridgehead atoms. The second-order valence-corrected chi connectivity index (χ2v) is 23.6. The van der Waals surface area contributed by atoms with E-state index < -0.39 is 35.2 Å². The summed E-state index contributed by atoms with van der Waals surface area (Å²) in [6.07, 6.45) is 4.19. The number of amides is 4. The van der Waals surface area contributed by atoms with Gasteiger partial charge in [0.15, 0.2) is 0 Å². The monoisotopic (exact) mass is 926 g/mol. The van der Waals surface area contributed by atoms with E-state index in [2.05, 4.69) is 62.4 Å². The van der Waals surface area contributed by atoms with Gasteiger partial charge in [0, 0.05) is 48.8 Å². The lowest BCUT2D eigenvalue weighted by molar-refractivity contribution is -0.123. The lowest BCUT2D eigenvalue weighted by atomic mass is 10.1. The zero-order valence-electron chi connectivity index (χ0n) is 35.3. The number of hydrogen-bond acceptors (Lipinski definition) is 12. The zero-order chi connectivity index (χ0) is 43.4. The summed E-state index contributed by atoms with van der Waals surface area (Å²) in [5, 5.41) is 0. The third kappa shape index (κ3) is 8.93. The molecule has 6 aromatic heterocycles. The van der Waals surface area contributed by atoms with Crippen LogP contribution < -0.4 is 0 Å². The van der Waals surface area contributed by atoms with Crippen molar-refractivity contribution in [2.24, 2.45) is 0 Å². The average Bonchev–Trinajstić information content (AvgIpc) is 4.03. The Kier molecular flexibility index (Phi) is 12.1. The number of nitrogens with zero attached hydrogens (tertiary/aromatic N) is 2. The van der Waals surface area contributed by atoms with Gasteiger partial charge in [-0.2, -0.15) is 0 Å². The predicted octanol–water partition coefficient (Wildman–Crippen LogP) is 14.8. The van der Waals surface area contributed by atoms with Crippen LogP contribution in [0.1, 0.15) is 93.7 Å². The number of fused-ring (bicyclic) bond motifs is 1. The van der Waals surface area contributed by atoms with Crippen molar-refractivity contribution in [1.29, 1.82) is 0 Å². The minimum atomic E-state index is -0.941. The Hall–Kier alpha value is -4.44. The normalized spacial score (nSPS) is 14.6. The maximum Gasteiger partial charge on any atom is 0.422 e. The summed E-state index contributed by atoms with van der Waals surface area (Å²) in [7, 11) is 0. The number of unbranched alkanes of at least 4 members (excludes halogenated alkanes) is 3. The molecular formula is C47H46N2O6S6. The van der Waals surface area contributed by atoms with E-state index in [0.717, 1.165) is 45.5 Å². The molecule has 0 spiro atoms. The fraction of sp³-hybridized carbons (Fsp3) is 0.319. The van der Waals surface area contributed by atoms with Gasteiger partial charge in [0.05, 0.1) is 32.3 Å². The van der Waals surface area contributed by atoms with Crippen LogP contribution in [0.2, 0.25) is 0 Å². The molecule has 0 radical (unpaired) electrons. The molecule has 0 atom stereocenters. The Morgan fingerprint density at radius 3 is 1.25 bits per heavy atom. The second-order valence-electron chi connectivity index (χ2n) is 16.8. The van der Waals surface area contributed by atoms with Gasteiger partial charge in [-0.3, -0.25) is 9.59 Å². The van der Waals surface area contributed by atoms with Gasteiger partial charge >= 0.3 is 12.2 Å². The first-order valence-electron chi connectivity index (χ1n) is 20.2. The third-order valence-electron chi connectivity index (χ3n) is 9.70. The van der Waals surface area contributed by atoms with Gasteiger partial charge in [-0.05, 0) is 134 Å². The quantitative estimate of drug-likeness (QED) is 0.120. The summed E-state index contributed by atoms with van der Waals surface area (Å²) >= 11 is 9.62. The van der Waals surface area contributed by atoms with E-state index in [4.69, 9.17) is 9.47 Å². The standard InChI is InChI=1S/C47H46N2O6S6/c1-9-10-11-12-13-27-15-17-29(57-27)31-19-21-33(59-31)35-23-25-37(61-35)41-39-38(42(50)49(41)45(53)55-47(6,7)8)40(48(43(39)51)44(52)54-46(3,4)5)36-24-22-34(60-36)32-20-18-30(58-32)28-16-14-26(2)56-28/h14-25H,9-13H2,1-8H3. The van der Waals surface area contributed by atoms with Crippen LogP contribution in [0.5, 0.6) is 0 Å². The molecule has 61 heavy (non-hydrogen) atoms. The van der Waals surface area contributed by atoms with Crippen molar-refractivity contribution in [2.45, 2.75) is 98.7 Å². The summed E-state index contributed by atoms with van der Waals surface area (Å²) < 4.78 is 11.6. The Morgan fingerprint density at radius 2 is 0.852 bits per heavy atom. The van der Waals surface area contributed by atoms with Crippen LogP contribution >= 0.6 is 68.0 Å². The number of rotatable bonds is 11. The predicted molar refractivity (Wildman–Crippen MR) is 254 cm³/mol. The molecule has 14 heteroatoms.